The lowest BCUT2D eigenvalue weighted by Gasteiger charge is -2.24. The first kappa shape index (κ1) is 27.5. The molecule has 0 fully saturated rings. The van der Waals surface area contributed by atoms with Crippen LogP contribution >= 0.6 is 11.8 Å². The summed E-state index contributed by atoms with van der Waals surface area (Å²) in [6.07, 6.45) is 0. The lowest BCUT2D eigenvalue weighted by molar-refractivity contribution is 0.0948. The lowest BCUT2D eigenvalue weighted by Crippen LogP contribution is -2.46. The normalized spacial score (nSPS) is 11.6. The quantitative estimate of drug-likeness (QED) is 0.500. The van der Waals surface area contributed by atoms with Crippen molar-refractivity contribution in [2.75, 3.05) is 33.0 Å². The van der Waals surface area contributed by atoms with Gasteiger partial charge in [0.15, 0.2) is 0 Å². The maximum atomic E-state index is 13.3. The highest BCUT2D eigenvalue weighted by molar-refractivity contribution is 8.00. The number of ether oxygens (including phenoxy) is 1. The number of carbonyl (C=O) groups is 2. The molecule has 0 aliphatic carbocycles. The molecule has 2 aromatic rings. The van der Waals surface area contributed by atoms with E-state index in [0.717, 1.165) is 9.87 Å². The third-order valence-electron chi connectivity index (χ3n) is 5.07. The number of amides is 3. The standard InChI is InChI=1S/C24H33N3O5S2/c1-7-33-20-10-8-9-11-21(20)34(30,31)27(23(29)25-5)15-14-26-22(28)18-16-17(24(2,3)4)12-13-19(18)32-6/h8-13,16H,7,14-15H2,1-6H3,(H,25,29)(H,26,28). The smallest absolute Gasteiger partial charge is 0.331 e. The van der Waals surface area contributed by atoms with Gasteiger partial charge in [-0.25, -0.2) is 17.5 Å². The minimum atomic E-state index is -4.14. The van der Waals surface area contributed by atoms with E-state index in [9.17, 15) is 18.0 Å². The van der Waals surface area contributed by atoms with Crippen LogP contribution in [-0.2, 0) is 15.4 Å². The number of hydrogen-bond acceptors (Lipinski definition) is 6. The summed E-state index contributed by atoms with van der Waals surface area (Å²) in [7, 11) is -1.30. The van der Waals surface area contributed by atoms with Gasteiger partial charge in [-0.15, -0.1) is 11.8 Å². The first-order chi connectivity index (χ1) is 16.0. The molecule has 0 saturated heterocycles. The molecule has 0 unspecified atom stereocenters. The Kier molecular flexibility index (Phi) is 9.40. The minimum absolute atomic E-state index is 0.0522. The third-order valence-corrected chi connectivity index (χ3v) is 7.99. The van der Waals surface area contributed by atoms with E-state index < -0.39 is 22.0 Å². The van der Waals surface area contributed by atoms with Crippen molar-refractivity contribution in [3.05, 3.63) is 53.6 Å². The van der Waals surface area contributed by atoms with Crippen molar-refractivity contribution < 1.29 is 22.7 Å². The van der Waals surface area contributed by atoms with Gasteiger partial charge in [0, 0.05) is 18.5 Å². The Hall–Kier alpha value is -2.72. The van der Waals surface area contributed by atoms with E-state index in [-0.39, 0.29) is 23.4 Å². The Balaban J connectivity index is 2.26. The molecule has 8 nitrogen and oxygen atoms in total. The van der Waals surface area contributed by atoms with E-state index in [1.807, 2.05) is 33.8 Å². The van der Waals surface area contributed by atoms with Gasteiger partial charge in [0.2, 0.25) is 0 Å². The number of hydrogen-bond donors (Lipinski definition) is 2. The number of thioether (sulfide) groups is 1. The molecule has 2 N–H and O–H groups in total. The molecule has 0 aromatic heterocycles. The van der Waals surface area contributed by atoms with Gasteiger partial charge in [0.1, 0.15) is 10.6 Å². The van der Waals surface area contributed by atoms with Crippen LogP contribution in [-0.4, -0.2) is 57.7 Å². The Labute approximate surface area is 206 Å². The molecule has 0 radical (unpaired) electrons. The summed E-state index contributed by atoms with van der Waals surface area (Å²) in [6.45, 7) is 7.73. The second kappa shape index (κ2) is 11.6. The average molecular weight is 508 g/mol. The molecule has 0 aliphatic rings. The zero-order chi connectivity index (χ0) is 25.5. The maximum Gasteiger partial charge on any atom is 0.331 e. The second-order valence-electron chi connectivity index (χ2n) is 8.43. The highest BCUT2D eigenvalue weighted by atomic mass is 32.2. The van der Waals surface area contributed by atoms with E-state index in [1.165, 1.54) is 32.0 Å². The largest absolute Gasteiger partial charge is 0.496 e. The van der Waals surface area contributed by atoms with Gasteiger partial charge >= 0.3 is 6.03 Å². The molecular weight excluding hydrogens is 474 g/mol. The number of nitrogens with zero attached hydrogens (tertiary/aromatic N) is 1. The number of benzene rings is 2. The summed E-state index contributed by atoms with van der Waals surface area (Å²) in [6, 6.07) is 11.2. The van der Waals surface area contributed by atoms with Crippen LogP contribution in [0.1, 0.15) is 43.6 Å². The zero-order valence-electron chi connectivity index (χ0n) is 20.5. The lowest BCUT2D eigenvalue weighted by atomic mass is 9.86. The summed E-state index contributed by atoms with van der Waals surface area (Å²) in [5, 5.41) is 5.09. The van der Waals surface area contributed by atoms with E-state index >= 15 is 0 Å². The van der Waals surface area contributed by atoms with Crippen LogP contribution in [0, 0.1) is 0 Å². The summed E-state index contributed by atoms with van der Waals surface area (Å²) in [4.78, 5) is 26.0. The van der Waals surface area contributed by atoms with E-state index in [4.69, 9.17) is 4.74 Å². The SMILES string of the molecule is CCSc1ccccc1S(=O)(=O)N(CCNC(=O)c1cc(C(C)(C)C)ccc1OC)C(=O)NC. The van der Waals surface area contributed by atoms with Crippen LogP contribution in [0.15, 0.2) is 52.3 Å². The van der Waals surface area contributed by atoms with Gasteiger partial charge in [0.25, 0.3) is 15.9 Å². The molecule has 0 bridgehead atoms. The van der Waals surface area contributed by atoms with Crippen molar-refractivity contribution in [1.82, 2.24) is 14.9 Å². The van der Waals surface area contributed by atoms with Crippen LogP contribution in [0.2, 0.25) is 0 Å². The zero-order valence-corrected chi connectivity index (χ0v) is 22.1. The van der Waals surface area contributed by atoms with E-state index in [1.54, 1.807) is 30.3 Å². The molecule has 0 saturated carbocycles. The fraction of sp³-hybridized carbons (Fsp3) is 0.417. The molecule has 0 heterocycles. The molecule has 10 heteroatoms. The predicted octanol–water partition coefficient (Wildman–Crippen LogP) is 3.86. The highest BCUT2D eigenvalue weighted by Gasteiger charge is 2.30. The first-order valence-corrected chi connectivity index (χ1v) is 13.3. The first-order valence-electron chi connectivity index (χ1n) is 10.9. The summed E-state index contributed by atoms with van der Waals surface area (Å²) in [5.41, 5.74) is 1.13. The molecule has 3 amide bonds. The number of carbonyl (C=O) groups excluding carboxylic acids is 2. The second-order valence-corrected chi connectivity index (χ2v) is 11.6. The van der Waals surface area contributed by atoms with Crippen molar-refractivity contribution in [2.24, 2.45) is 0 Å². The van der Waals surface area contributed by atoms with Gasteiger partial charge in [-0.05, 0) is 41.0 Å². The number of methoxy groups -OCH3 is 1. The molecule has 0 atom stereocenters. The van der Waals surface area contributed by atoms with E-state index in [2.05, 4.69) is 10.6 Å². The number of nitrogens with one attached hydrogen (secondary N) is 2. The van der Waals surface area contributed by atoms with Crippen molar-refractivity contribution in [3.8, 4) is 5.75 Å². The Bertz CT molecular complexity index is 1130. The third kappa shape index (κ3) is 6.44. The average Bonchev–Trinajstić information content (AvgIpc) is 2.80. The van der Waals surface area contributed by atoms with Crippen LogP contribution in [0.4, 0.5) is 4.79 Å². The van der Waals surface area contributed by atoms with Crippen LogP contribution < -0.4 is 15.4 Å². The van der Waals surface area contributed by atoms with Crippen LogP contribution in [0.3, 0.4) is 0 Å². The number of rotatable bonds is 9. The molecule has 186 valence electrons. The predicted molar refractivity (Wildman–Crippen MR) is 135 cm³/mol. The topological polar surface area (TPSA) is 105 Å². The Morgan fingerprint density at radius 1 is 1.12 bits per heavy atom. The maximum absolute atomic E-state index is 13.3. The Morgan fingerprint density at radius 3 is 2.38 bits per heavy atom. The summed E-state index contributed by atoms with van der Waals surface area (Å²) >= 11 is 1.38. The molecular formula is C24H33N3O5S2. The van der Waals surface area contributed by atoms with Gasteiger partial charge in [-0.1, -0.05) is 45.9 Å². The fourth-order valence-corrected chi connectivity index (χ4v) is 5.87. The monoisotopic (exact) mass is 507 g/mol. The van der Waals surface area contributed by atoms with Crippen molar-refractivity contribution in [3.63, 3.8) is 0 Å². The molecule has 34 heavy (non-hydrogen) atoms. The number of urea groups is 1. The highest BCUT2D eigenvalue weighted by Crippen LogP contribution is 2.29. The molecule has 2 rings (SSSR count). The Morgan fingerprint density at radius 2 is 1.79 bits per heavy atom. The minimum Gasteiger partial charge on any atom is -0.496 e. The van der Waals surface area contributed by atoms with Crippen LogP contribution in [0.5, 0.6) is 5.75 Å². The van der Waals surface area contributed by atoms with Gasteiger partial charge in [0.05, 0.1) is 19.2 Å². The van der Waals surface area contributed by atoms with Gasteiger partial charge in [-0.3, -0.25) is 4.79 Å². The summed E-state index contributed by atoms with van der Waals surface area (Å²) < 4.78 is 32.8. The van der Waals surface area contributed by atoms with Crippen molar-refractivity contribution in [2.45, 2.75) is 42.9 Å². The fourth-order valence-electron chi connectivity index (χ4n) is 3.23. The van der Waals surface area contributed by atoms with Crippen molar-refractivity contribution >= 4 is 33.7 Å². The number of sulfonamides is 1. The van der Waals surface area contributed by atoms with Crippen molar-refractivity contribution in [1.29, 1.82) is 0 Å². The van der Waals surface area contributed by atoms with Crippen LogP contribution in [0.25, 0.3) is 0 Å². The van der Waals surface area contributed by atoms with Gasteiger partial charge in [-0.2, -0.15) is 0 Å². The molecule has 0 aliphatic heterocycles. The van der Waals surface area contributed by atoms with Gasteiger partial charge < -0.3 is 15.4 Å². The molecule has 0 spiro atoms. The summed E-state index contributed by atoms with van der Waals surface area (Å²) in [5.74, 6) is 0.670. The molecule has 2 aromatic carbocycles. The van der Waals surface area contributed by atoms with E-state index in [0.29, 0.717) is 22.0 Å².